The number of nitrogens with one attached hydrogen (secondary N) is 3. The van der Waals surface area contributed by atoms with Gasteiger partial charge in [-0.3, -0.25) is 14.4 Å². The number of fused-ring (bicyclic) bond motifs is 1. The van der Waals surface area contributed by atoms with Crippen LogP contribution in [0.3, 0.4) is 0 Å². The number of carbonyl (C=O) groups is 3. The van der Waals surface area contributed by atoms with Crippen LogP contribution in [0, 0.1) is 5.92 Å². The van der Waals surface area contributed by atoms with Crippen molar-refractivity contribution < 1.29 is 45.7 Å². The standard InChI is InChI=1S/C19H18F3N7O3.C6H10F2.C4H7NO2/c20-19(21,22)13-5-11(17(30)26-13)3-9-4-14-25-12(8-29(14)24-6-9)7-23-18(31)16-15(10-1-2-10)27-32-28-16;7-6(8)4-2-1-3-5-6;6-4-3-7-2-1-5-4/h4,6,8,10-11,13H,1-3,5,7H2,(H,23,31)(H,26,30);1-5H2;1-3H2,(H,5,6)/t11-,13?;;/m0../s1. The molecule has 18 heteroatoms. The van der Waals surface area contributed by atoms with Crippen molar-refractivity contribution in [1.29, 1.82) is 0 Å². The molecule has 7 rings (SSSR count). The molecule has 2 saturated carbocycles. The van der Waals surface area contributed by atoms with Gasteiger partial charge in [-0.2, -0.15) is 18.3 Å². The van der Waals surface area contributed by atoms with Gasteiger partial charge < -0.3 is 20.7 Å². The zero-order chi connectivity index (χ0) is 33.6. The SMILES string of the molecule is FC1(F)CCCCC1.O=C(NCc1cn2ncc(C[C@H]3CC(C(F)(F)F)NC3=O)cc2n1)c1nonc1C1CC1.O=C1COCCN1. The Bertz CT molecular complexity index is 1540. The van der Waals surface area contributed by atoms with E-state index in [-0.39, 0.29) is 56.4 Å². The molecule has 3 amide bonds. The fourth-order valence-electron chi connectivity index (χ4n) is 5.36. The fraction of sp³-hybridized carbons (Fsp3) is 0.621. The van der Waals surface area contributed by atoms with Crippen LogP contribution >= 0.6 is 0 Å². The Kier molecular flexibility index (Phi) is 10.7. The maximum atomic E-state index is 12.9. The van der Waals surface area contributed by atoms with E-state index in [2.05, 4.69) is 35.7 Å². The first-order valence-electron chi connectivity index (χ1n) is 15.4. The molecule has 2 saturated heterocycles. The second kappa shape index (κ2) is 14.7. The number of hydrogen-bond acceptors (Lipinski definition) is 9. The monoisotopic (exact) mass is 670 g/mol. The Hall–Kier alpha value is -4.22. The van der Waals surface area contributed by atoms with Gasteiger partial charge in [0.2, 0.25) is 17.7 Å². The molecule has 47 heavy (non-hydrogen) atoms. The topological polar surface area (TPSA) is 166 Å². The van der Waals surface area contributed by atoms with Crippen molar-refractivity contribution in [1.82, 2.24) is 40.9 Å². The first kappa shape index (κ1) is 34.1. The summed E-state index contributed by atoms with van der Waals surface area (Å²) in [6, 6.07) is -0.155. The molecule has 4 aliphatic rings. The van der Waals surface area contributed by atoms with Gasteiger partial charge in [0, 0.05) is 31.2 Å². The molecule has 3 aromatic heterocycles. The van der Waals surface area contributed by atoms with Gasteiger partial charge in [-0.05, 0) is 55.3 Å². The Labute approximate surface area is 265 Å². The summed E-state index contributed by atoms with van der Waals surface area (Å²) in [6.07, 6.45) is 3.05. The largest absolute Gasteiger partial charge is 0.408 e. The lowest BCUT2D eigenvalue weighted by atomic mass is 9.97. The van der Waals surface area contributed by atoms with E-state index < -0.39 is 35.9 Å². The number of rotatable bonds is 6. The summed E-state index contributed by atoms with van der Waals surface area (Å²) in [5.41, 5.74) is 2.32. The highest BCUT2D eigenvalue weighted by Crippen LogP contribution is 2.40. The molecule has 0 radical (unpaired) electrons. The minimum absolute atomic E-state index is 0.00810. The minimum atomic E-state index is -4.46. The van der Waals surface area contributed by atoms with E-state index >= 15 is 0 Å². The molecule has 3 N–H and O–H groups in total. The Morgan fingerprint density at radius 2 is 1.89 bits per heavy atom. The van der Waals surface area contributed by atoms with Gasteiger partial charge in [0.05, 0.1) is 31.2 Å². The molecular weight excluding hydrogens is 635 g/mol. The van der Waals surface area contributed by atoms with E-state index in [9.17, 15) is 36.3 Å². The molecule has 256 valence electrons. The number of amides is 3. The Morgan fingerprint density at radius 1 is 1.13 bits per heavy atom. The average Bonchev–Trinajstić information content (AvgIpc) is 3.41. The number of imidazole rings is 1. The molecule has 13 nitrogen and oxygen atoms in total. The van der Waals surface area contributed by atoms with Crippen LogP contribution in [0.5, 0.6) is 0 Å². The summed E-state index contributed by atoms with van der Waals surface area (Å²) >= 11 is 0. The lowest BCUT2D eigenvalue weighted by molar-refractivity contribution is -0.154. The van der Waals surface area contributed by atoms with Crippen molar-refractivity contribution in [3.8, 4) is 0 Å². The number of ether oxygens (including phenoxy) is 1. The van der Waals surface area contributed by atoms with Gasteiger partial charge in [-0.1, -0.05) is 11.6 Å². The zero-order valence-electron chi connectivity index (χ0n) is 25.3. The Morgan fingerprint density at radius 3 is 2.47 bits per heavy atom. The first-order valence-corrected chi connectivity index (χ1v) is 15.4. The molecule has 2 atom stereocenters. The van der Waals surface area contributed by atoms with E-state index in [0.717, 1.165) is 19.3 Å². The van der Waals surface area contributed by atoms with Crippen molar-refractivity contribution in [3.63, 3.8) is 0 Å². The number of morpholine rings is 1. The molecule has 0 spiro atoms. The van der Waals surface area contributed by atoms with Crippen LogP contribution in [0.1, 0.15) is 84.7 Å². The van der Waals surface area contributed by atoms with Gasteiger partial charge in [0.25, 0.3) is 5.91 Å². The maximum Gasteiger partial charge on any atom is 0.408 e. The lowest BCUT2D eigenvalue weighted by Crippen LogP contribution is -2.38. The molecule has 2 aliphatic heterocycles. The normalized spacial score (nSPS) is 22.3. The molecule has 3 aromatic rings. The van der Waals surface area contributed by atoms with Crippen molar-refractivity contribution in [3.05, 3.63) is 41.1 Å². The van der Waals surface area contributed by atoms with E-state index in [1.807, 2.05) is 5.32 Å². The van der Waals surface area contributed by atoms with E-state index in [1.165, 1.54) is 10.7 Å². The smallest absolute Gasteiger partial charge is 0.370 e. The third-order valence-corrected chi connectivity index (χ3v) is 8.02. The van der Waals surface area contributed by atoms with Crippen molar-refractivity contribution in [2.75, 3.05) is 19.8 Å². The maximum absolute atomic E-state index is 12.9. The van der Waals surface area contributed by atoms with Crippen LogP contribution in [0.15, 0.2) is 23.1 Å². The summed E-state index contributed by atoms with van der Waals surface area (Å²) in [5, 5.41) is 19.0. The number of halogens is 5. The highest BCUT2D eigenvalue weighted by molar-refractivity contribution is 5.93. The van der Waals surface area contributed by atoms with Gasteiger partial charge in [-0.15, -0.1) is 0 Å². The van der Waals surface area contributed by atoms with Crippen LogP contribution < -0.4 is 16.0 Å². The van der Waals surface area contributed by atoms with Crippen molar-refractivity contribution in [2.24, 2.45) is 5.92 Å². The highest BCUT2D eigenvalue weighted by Gasteiger charge is 2.47. The minimum Gasteiger partial charge on any atom is -0.370 e. The van der Waals surface area contributed by atoms with Crippen molar-refractivity contribution in [2.45, 2.75) is 88.4 Å². The summed E-state index contributed by atoms with van der Waals surface area (Å²) in [6.45, 7) is 1.68. The van der Waals surface area contributed by atoms with Crippen LogP contribution in [0.4, 0.5) is 22.0 Å². The molecule has 2 aliphatic carbocycles. The molecule has 1 unspecified atom stereocenters. The Balaban J connectivity index is 0.000000236. The van der Waals surface area contributed by atoms with Gasteiger partial charge >= 0.3 is 6.18 Å². The molecule has 0 bridgehead atoms. The van der Waals surface area contributed by atoms with E-state index in [0.29, 0.717) is 48.6 Å². The third kappa shape index (κ3) is 9.65. The third-order valence-electron chi connectivity index (χ3n) is 8.02. The first-order chi connectivity index (χ1) is 22.4. The number of carbonyl (C=O) groups excluding carboxylic acids is 3. The van der Waals surface area contributed by atoms with Crippen molar-refractivity contribution >= 4 is 23.4 Å². The van der Waals surface area contributed by atoms with Crippen LogP contribution in [-0.4, -0.2) is 80.5 Å². The highest BCUT2D eigenvalue weighted by atomic mass is 19.4. The fourth-order valence-corrected chi connectivity index (χ4v) is 5.36. The van der Waals surface area contributed by atoms with Crippen LogP contribution in [-0.2, 0) is 27.3 Å². The average molecular weight is 671 g/mol. The number of alkyl halides is 5. The summed E-state index contributed by atoms with van der Waals surface area (Å²) < 4.78 is 73.9. The van der Waals surface area contributed by atoms with E-state index in [1.54, 1.807) is 12.3 Å². The quantitative estimate of drug-likeness (QED) is 0.334. The summed E-state index contributed by atoms with van der Waals surface area (Å²) in [4.78, 5) is 38.9. The van der Waals surface area contributed by atoms with Crippen LogP contribution in [0.25, 0.3) is 5.65 Å². The van der Waals surface area contributed by atoms with Gasteiger partial charge in [0.15, 0.2) is 11.3 Å². The van der Waals surface area contributed by atoms with E-state index in [4.69, 9.17) is 4.74 Å². The predicted octanol–water partition coefficient (Wildman–Crippen LogP) is 3.25. The molecule has 5 heterocycles. The lowest BCUT2D eigenvalue weighted by Gasteiger charge is -2.20. The molecule has 0 aromatic carbocycles. The van der Waals surface area contributed by atoms with Gasteiger partial charge in [-0.25, -0.2) is 22.9 Å². The second-order valence-corrected chi connectivity index (χ2v) is 11.9. The number of aromatic nitrogens is 5. The molecule has 4 fully saturated rings. The summed E-state index contributed by atoms with van der Waals surface area (Å²) in [5.74, 6) is -3.92. The predicted molar refractivity (Wildman–Crippen MR) is 152 cm³/mol. The number of nitrogens with zero attached hydrogens (tertiary/aromatic N) is 5. The molecular formula is C29H35F5N8O5. The van der Waals surface area contributed by atoms with Gasteiger partial charge in [0.1, 0.15) is 18.3 Å². The number of hydrogen-bond donors (Lipinski definition) is 3. The zero-order valence-corrected chi connectivity index (χ0v) is 25.3. The van der Waals surface area contributed by atoms with Crippen LogP contribution in [0.2, 0.25) is 0 Å². The second-order valence-electron chi connectivity index (χ2n) is 11.9. The summed E-state index contributed by atoms with van der Waals surface area (Å²) in [7, 11) is 0.